The molecule has 3 N–H and O–H groups in total. The van der Waals surface area contributed by atoms with Crippen LogP contribution in [0.15, 0.2) is 60.8 Å². The summed E-state index contributed by atoms with van der Waals surface area (Å²) in [6, 6.07) is 0. The maximum atomic E-state index is 13.1. The number of esters is 4. The van der Waals surface area contributed by atoms with Gasteiger partial charge in [0.25, 0.3) is 0 Å². The van der Waals surface area contributed by atoms with Crippen LogP contribution in [0.3, 0.4) is 0 Å². The molecule has 19 heteroatoms. The van der Waals surface area contributed by atoms with Gasteiger partial charge in [0.1, 0.15) is 19.3 Å². The molecule has 0 aromatic heterocycles. The Hall–Kier alpha value is -3.24. The van der Waals surface area contributed by atoms with E-state index in [-0.39, 0.29) is 25.7 Å². The second kappa shape index (κ2) is 70.2. The molecule has 17 nitrogen and oxygen atoms in total. The van der Waals surface area contributed by atoms with Gasteiger partial charge in [-0.05, 0) is 109 Å². The van der Waals surface area contributed by atoms with E-state index in [0.717, 1.165) is 154 Å². The highest BCUT2D eigenvalue weighted by molar-refractivity contribution is 7.47. The summed E-state index contributed by atoms with van der Waals surface area (Å²) in [5.74, 6) is -2.18. The van der Waals surface area contributed by atoms with Crippen LogP contribution in [0, 0.1) is 0 Å². The number of hydrogen-bond donors (Lipinski definition) is 3. The molecule has 0 amide bonds. The van der Waals surface area contributed by atoms with E-state index >= 15 is 0 Å². The Kier molecular flexibility index (Phi) is 67.8. The highest BCUT2D eigenvalue weighted by atomic mass is 31.2. The van der Waals surface area contributed by atoms with Crippen LogP contribution in [0.5, 0.6) is 0 Å². The molecule has 560 valence electrons. The monoisotopic (exact) mass is 1400 g/mol. The van der Waals surface area contributed by atoms with Crippen molar-refractivity contribution in [3.63, 3.8) is 0 Å². The van der Waals surface area contributed by atoms with Gasteiger partial charge >= 0.3 is 39.5 Å². The predicted molar refractivity (Wildman–Crippen MR) is 390 cm³/mol. The van der Waals surface area contributed by atoms with Crippen LogP contribution in [0.4, 0.5) is 0 Å². The number of hydrogen-bond acceptors (Lipinski definition) is 15. The minimum atomic E-state index is -4.97. The summed E-state index contributed by atoms with van der Waals surface area (Å²) in [5, 5.41) is 10.6. The van der Waals surface area contributed by atoms with Crippen molar-refractivity contribution < 1.29 is 80.2 Å². The molecule has 0 aliphatic rings. The van der Waals surface area contributed by atoms with Crippen molar-refractivity contribution >= 4 is 39.5 Å². The highest BCUT2D eigenvalue weighted by Gasteiger charge is 2.30. The zero-order valence-corrected chi connectivity index (χ0v) is 62.8. The minimum Gasteiger partial charge on any atom is -0.462 e. The Morgan fingerprint density at radius 1 is 0.302 bits per heavy atom. The van der Waals surface area contributed by atoms with Crippen LogP contribution in [0.1, 0.15) is 349 Å². The smallest absolute Gasteiger partial charge is 0.462 e. The Bertz CT molecular complexity index is 2060. The quantitative estimate of drug-likeness (QED) is 0.0169. The zero-order valence-electron chi connectivity index (χ0n) is 61.1. The summed E-state index contributed by atoms with van der Waals surface area (Å²) in [7, 11) is -9.94. The first-order chi connectivity index (χ1) is 46.7. The van der Waals surface area contributed by atoms with E-state index in [1.54, 1.807) is 0 Å². The van der Waals surface area contributed by atoms with Crippen molar-refractivity contribution in [2.24, 2.45) is 0 Å². The van der Waals surface area contributed by atoms with Crippen LogP contribution < -0.4 is 0 Å². The molecule has 0 bridgehead atoms. The second-order valence-corrected chi connectivity index (χ2v) is 28.8. The van der Waals surface area contributed by atoms with Gasteiger partial charge in [-0.1, -0.05) is 275 Å². The lowest BCUT2D eigenvalue weighted by atomic mass is 10.1. The summed E-state index contributed by atoms with van der Waals surface area (Å²) in [5.41, 5.74) is 0. The first kappa shape index (κ1) is 92.8. The summed E-state index contributed by atoms with van der Waals surface area (Å²) < 4.78 is 68.4. The number of carbonyl (C=O) groups is 4. The number of ether oxygens (including phenoxy) is 4. The SMILES string of the molecule is CC/C=C\C/C=C\C/C=C\CCCCCCCC(=O)OCC(COP(=O)(O)OCC(O)COP(=O)(O)OCC(COC(=O)CCCCCCC/C=C\CCCCCCCC)OC(=O)CCCCCCC/C=C\CCCCCCCC)OC(=O)CCCCCCCCCCCCC. The molecule has 0 aromatic carbocycles. The minimum absolute atomic E-state index is 0.0878. The number of aliphatic hydroxyl groups is 1. The summed E-state index contributed by atoms with van der Waals surface area (Å²) in [6.45, 7) is 4.76. The number of aliphatic hydroxyl groups excluding tert-OH is 1. The van der Waals surface area contributed by atoms with E-state index in [2.05, 4.69) is 88.5 Å². The summed E-state index contributed by atoms with van der Waals surface area (Å²) in [4.78, 5) is 72.8. The third-order valence-corrected chi connectivity index (χ3v) is 18.4. The second-order valence-electron chi connectivity index (χ2n) is 25.9. The summed E-state index contributed by atoms with van der Waals surface area (Å²) >= 11 is 0. The van der Waals surface area contributed by atoms with Crippen molar-refractivity contribution in [1.29, 1.82) is 0 Å². The molecule has 0 aliphatic carbocycles. The van der Waals surface area contributed by atoms with Crippen LogP contribution in [-0.2, 0) is 65.4 Å². The highest BCUT2D eigenvalue weighted by Crippen LogP contribution is 2.45. The average molecular weight is 1400 g/mol. The fourth-order valence-electron chi connectivity index (χ4n) is 10.6. The molecule has 0 heterocycles. The molecule has 0 aliphatic heterocycles. The van der Waals surface area contributed by atoms with Gasteiger partial charge < -0.3 is 33.8 Å². The van der Waals surface area contributed by atoms with Crippen LogP contribution in [-0.4, -0.2) is 96.7 Å². The Balaban J connectivity index is 5.32. The van der Waals surface area contributed by atoms with E-state index in [1.165, 1.54) is 116 Å². The van der Waals surface area contributed by atoms with Crippen molar-refractivity contribution in [3.05, 3.63) is 60.8 Å². The van der Waals surface area contributed by atoms with Crippen LogP contribution in [0.2, 0.25) is 0 Å². The molecule has 0 radical (unpaired) electrons. The molecular formula is C77H140O17P2. The van der Waals surface area contributed by atoms with Gasteiger partial charge in [0, 0.05) is 25.7 Å². The standard InChI is InChI=1S/C77H140O17P2/c1-5-9-13-17-21-25-29-32-35-38-42-45-49-53-57-61-74(79)87-67-72(93-76(81)63-59-55-51-47-41-28-24-20-16-12-8-4)69-91-95(83,84)89-65-71(78)66-90-96(85,86)92-70-73(94-77(82)64-60-56-52-48-44-40-37-34-31-27-23-19-15-11-7-3)68-88-75(80)62-58-54-50-46-43-39-36-33-30-26-22-18-14-10-6-2/h9,13,21,25,32-37,71-73,78H,5-8,10-12,14-20,22-24,26-31,38-70H2,1-4H3,(H,83,84)(H,85,86)/b13-9-,25-21-,35-32-,36-33-,37-34-. The molecule has 0 aromatic rings. The Morgan fingerprint density at radius 3 is 0.844 bits per heavy atom. The van der Waals surface area contributed by atoms with Crippen molar-refractivity contribution in [2.75, 3.05) is 39.6 Å². The fraction of sp³-hybridized carbons (Fsp3) is 0.818. The number of rotatable bonds is 73. The van der Waals surface area contributed by atoms with E-state index in [9.17, 15) is 43.2 Å². The number of unbranched alkanes of at least 4 members (excludes halogenated alkanes) is 37. The van der Waals surface area contributed by atoms with Crippen LogP contribution >= 0.6 is 15.6 Å². The number of phosphoric acid groups is 2. The number of carbonyl (C=O) groups excluding carboxylic acids is 4. The molecule has 5 atom stereocenters. The number of allylic oxidation sites excluding steroid dienone is 10. The molecule has 0 fully saturated rings. The Labute approximate surface area is 584 Å². The van der Waals surface area contributed by atoms with Gasteiger partial charge in [0.05, 0.1) is 26.4 Å². The van der Waals surface area contributed by atoms with Gasteiger partial charge in [0.2, 0.25) is 0 Å². The van der Waals surface area contributed by atoms with Gasteiger partial charge in [-0.2, -0.15) is 0 Å². The lowest BCUT2D eigenvalue weighted by Crippen LogP contribution is -2.30. The van der Waals surface area contributed by atoms with Gasteiger partial charge in [-0.3, -0.25) is 37.3 Å². The van der Waals surface area contributed by atoms with E-state index in [0.29, 0.717) is 25.7 Å². The van der Waals surface area contributed by atoms with E-state index in [4.69, 9.17) is 37.0 Å². The lowest BCUT2D eigenvalue weighted by Gasteiger charge is -2.21. The molecular weight excluding hydrogens is 1260 g/mol. The molecule has 0 saturated heterocycles. The maximum Gasteiger partial charge on any atom is 0.472 e. The van der Waals surface area contributed by atoms with E-state index in [1.807, 2.05) is 0 Å². The molecule has 0 spiro atoms. The van der Waals surface area contributed by atoms with Gasteiger partial charge in [-0.15, -0.1) is 0 Å². The number of phosphoric ester groups is 2. The van der Waals surface area contributed by atoms with Crippen molar-refractivity contribution in [1.82, 2.24) is 0 Å². The molecule has 0 rings (SSSR count). The normalized spacial score (nSPS) is 14.3. The molecule has 96 heavy (non-hydrogen) atoms. The topological polar surface area (TPSA) is 237 Å². The summed E-state index contributed by atoms with van der Waals surface area (Å²) in [6.07, 6.45) is 67.8. The van der Waals surface area contributed by atoms with Crippen LogP contribution in [0.25, 0.3) is 0 Å². The first-order valence-corrected chi connectivity index (χ1v) is 41.5. The van der Waals surface area contributed by atoms with Crippen molar-refractivity contribution in [3.8, 4) is 0 Å². The third kappa shape index (κ3) is 69.2. The largest absolute Gasteiger partial charge is 0.472 e. The van der Waals surface area contributed by atoms with Gasteiger partial charge in [-0.25, -0.2) is 9.13 Å². The predicted octanol–water partition coefficient (Wildman–Crippen LogP) is 21.9. The molecule has 0 saturated carbocycles. The fourth-order valence-corrected chi connectivity index (χ4v) is 12.2. The zero-order chi connectivity index (χ0) is 70.4. The van der Waals surface area contributed by atoms with Crippen molar-refractivity contribution in [2.45, 2.75) is 367 Å². The van der Waals surface area contributed by atoms with E-state index < -0.39 is 97.5 Å². The average Bonchev–Trinajstić information content (AvgIpc) is 1.11. The lowest BCUT2D eigenvalue weighted by molar-refractivity contribution is -0.161. The third-order valence-electron chi connectivity index (χ3n) is 16.5. The first-order valence-electron chi connectivity index (χ1n) is 38.5. The van der Waals surface area contributed by atoms with Gasteiger partial charge in [0.15, 0.2) is 12.2 Å². The molecule has 5 unspecified atom stereocenters. The Morgan fingerprint density at radius 2 is 0.542 bits per heavy atom. The maximum absolute atomic E-state index is 13.1.